The molecule has 3 aromatic rings. The van der Waals surface area contributed by atoms with Crippen molar-refractivity contribution in [3.8, 4) is 22.5 Å². The largest absolute Gasteiger partial charge is 0.372 e. The summed E-state index contributed by atoms with van der Waals surface area (Å²) in [6.07, 6.45) is 3.90. The Kier molecular flexibility index (Phi) is 7.79. The fourth-order valence-corrected chi connectivity index (χ4v) is 4.38. The molecule has 2 heterocycles. The Balaban J connectivity index is 1.36. The van der Waals surface area contributed by atoms with E-state index in [4.69, 9.17) is 0 Å². The number of piperidine rings is 1. The zero-order valence-electron chi connectivity index (χ0n) is 19.8. The van der Waals surface area contributed by atoms with Crippen molar-refractivity contribution in [2.75, 3.05) is 44.2 Å². The van der Waals surface area contributed by atoms with Crippen LogP contribution in [-0.2, 0) is 0 Å². The molecule has 1 amide bonds. The minimum Gasteiger partial charge on any atom is -0.372 e. The van der Waals surface area contributed by atoms with Crippen LogP contribution in [0.15, 0.2) is 54.6 Å². The molecule has 0 atom stereocenters. The van der Waals surface area contributed by atoms with Gasteiger partial charge in [-0.3, -0.25) is 9.89 Å². The fraction of sp³-hybridized carbons (Fsp3) is 0.407. The first-order valence-electron chi connectivity index (χ1n) is 12.2. The molecule has 2 N–H and O–H groups in total. The third-order valence-electron chi connectivity index (χ3n) is 6.53. The SMILES string of the molecule is CCN(CC)CCNC(=O)c1ccc(-c2cc(-c3ccc(N4CCCCC4)cc3)n[nH]2)cc1. The first-order valence-corrected chi connectivity index (χ1v) is 12.2. The Hall–Kier alpha value is -3.12. The molecule has 33 heavy (non-hydrogen) atoms. The summed E-state index contributed by atoms with van der Waals surface area (Å²) in [5, 5.41) is 10.7. The van der Waals surface area contributed by atoms with E-state index in [2.05, 4.69) is 69.5 Å². The number of nitrogens with zero attached hydrogens (tertiary/aromatic N) is 3. The molecule has 0 aliphatic carbocycles. The highest BCUT2D eigenvalue weighted by Gasteiger charge is 2.12. The minimum absolute atomic E-state index is 0.0344. The first-order chi connectivity index (χ1) is 16.2. The Morgan fingerprint density at radius 1 is 0.970 bits per heavy atom. The average Bonchev–Trinajstić information content (AvgIpc) is 3.38. The molecule has 1 saturated heterocycles. The number of likely N-dealkylation sites (N-methyl/N-ethyl adjacent to an activating group) is 1. The predicted octanol–water partition coefficient (Wildman–Crippen LogP) is 4.81. The van der Waals surface area contributed by atoms with Crippen LogP contribution in [0.25, 0.3) is 22.5 Å². The van der Waals surface area contributed by atoms with Gasteiger partial charge in [-0.1, -0.05) is 38.1 Å². The molecule has 6 nitrogen and oxygen atoms in total. The van der Waals surface area contributed by atoms with Gasteiger partial charge in [-0.25, -0.2) is 0 Å². The Labute approximate surface area is 197 Å². The molecule has 0 unspecified atom stereocenters. The molecule has 2 aromatic carbocycles. The quantitative estimate of drug-likeness (QED) is 0.496. The monoisotopic (exact) mass is 445 g/mol. The highest BCUT2D eigenvalue weighted by Crippen LogP contribution is 2.27. The highest BCUT2D eigenvalue weighted by molar-refractivity contribution is 5.94. The van der Waals surface area contributed by atoms with Gasteiger partial charge in [0.05, 0.1) is 11.4 Å². The number of anilines is 1. The second-order valence-electron chi connectivity index (χ2n) is 8.62. The molecule has 4 rings (SSSR count). The summed E-state index contributed by atoms with van der Waals surface area (Å²) >= 11 is 0. The number of H-pyrrole nitrogens is 1. The van der Waals surface area contributed by atoms with Crippen molar-refractivity contribution in [3.63, 3.8) is 0 Å². The van der Waals surface area contributed by atoms with Gasteiger partial charge in [0, 0.05) is 43.0 Å². The molecule has 0 saturated carbocycles. The minimum atomic E-state index is -0.0344. The third-order valence-corrected chi connectivity index (χ3v) is 6.53. The summed E-state index contributed by atoms with van der Waals surface area (Å²) in [6, 6.07) is 18.4. The second kappa shape index (κ2) is 11.1. The van der Waals surface area contributed by atoms with Crippen LogP contribution in [0.3, 0.4) is 0 Å². The number of hydrogen-bond donors (Lipinski definition) is 2. The van der Waals surface area contributed by atoms with Crippen LogP contribution in [-0.4, -0.2) is 60.3 Å². The van der Waals surface area contributed by atoms with Crippen molar-refractivity contribution >= 4 is 11.6 Å². The number of carbonyl (C=O) groups is 1. The summed E-state index contributed by atoms with van der Waals surface area (Å²) in [5.41, 5.74) is 5.94. The van der Waals surface area contributed by atoms with Gasteiger partial charge in [-0.05, 0) is 68.2 Å². The number of rotatable bonds is 9. The van der Waals surface area contributed by atoms with Crippen molar-refractivity contribution in [1.82, 2.24) is 20.4 Å². The molecule has 174 valence electrons. The van der Waals surface area contributed by atoms with Crippen LogP contribution in [0.1, 0.15) is 43.5 Å². The average molecular weight is 446 g/mol. The maximum absolute atomic E-state index is 12.4. The third kappa shape index (κ3) is 5.82. The molecule has 0 spiro atoms. The van der Waals surface area contributed by atoms with Gasteiger partial charge in [0.1, 0.15) is 0 Å². The van der Waals surface area contributed by atoms with E-state index < -0.39 is 0 Å². The second-order valence-corrected chi connectivity index (χ2v) is 8.62. The molecule has 1 fully saturated rings. The van der Waals surface area contributed by atoms with E-state index in [0.29, 0.717) is 12.1 Å². The van der Waals surface area contributed by atoms with E-state index in [1.807, 2.05) is 24.3 Å². The van der Waals surface area contributed by atoms with Crippen LogP contribution in [0.5, 0.6) is 0 Å². The summed E-state index contributed by atoms with van der Waals surface area (Å²) in [4.78, 5) is 17.2. The van der Waals surface area contributed by atoms with Crippen molar-refractivity contribution < 1.29 is 4.79 Å². The van der Waals surface area contributed by atoms with Crippen LogP contribution in [0.4, 0.5) is 5.69 Å². The zero-order valence-corrected chi connectivity index (χ0v) is 19.8. The standard InChI is InChI=1S/C27H35N5O/c1-3-31(4-2)19-16-28-27(33)23-10-8-21(9-11-23)25-20-26(30-29-25)22-12-14-24(15-13-22)32-17-6-5-7-18-32/h8-15,20H,3-7,16-19H2,1-2H3,(H,28,33)(H,29,30). The van der Waals surface area contributed by atoms with E-state index in [1.165, 1.54) is 24.9 Å². The number of aromatic nitrogens is 2. The van der Waals surface area contributed by atoms with E-state index in [1.54, 1.807) is 0 Å². The summed E-state index contributed by atoms with van der Waals surface area (Å²) in [6.45, 7) is 10.1. The highest BCUT2D eigenvalue weighted by atomic mass is 16.1. The van der Waals surface area contributed by atoms with Crippen LogP contribution >= 0.6 is 0 Å². The lowest BCUT2D eigenvalue weighted by Crippen LogP contribution is -2.34. The Morgan fingerprint density at radius 2 is 1.64 bits per heavy atom. The lowest BCUT2D eigenvalue weighted by Gasteiger charge is -2.28. The molecule has 1 aliphatic rings. The summed E-state index contributed by atoms with van der Waals surface area (Å²) < 4.78 is 0. The lowest BCUT2D eigenvalue weighted by atomic mass is 10.1. The fourth-order valence-electron chi connectivity index (χ4n) is 4.38. The maximum Gasteiger partial charge on any atom is 0.251 e. The molecule has 1 aromatic heterocycles. The first kappa shape index (κ1) is 23.1. The van der Waals surface area contributed by atoms with Gasteiger partial charge in [-0.2, -0.15) is 5.10 Å². The number of benzene rings is 2. The van der Waals surface area contributed by atoms with Gasteiger partial charge in [-0.15, -0.1) is 0 Å². The van der Waals surface area contributed by atoms with E-state index in [-0.39, 0.29) is 5.91 Å². The number of aromatic amines is 1. The number of hydrogen-bond acceptors (Lipinski definition) is 4. The van der Waals surface area contributed by atoms with E-state index in [9.17, 15) is 4.79 Å². The number of carbonyl (C=O) groups excluding carboxylic acids is 1. The van der Waals surface area contributed by atoms with Crippen molar-refractivity contribution in [3.05, 3.63) is 60.2 Å². The van der Waals surface area contributed by atoms with Crippen molar-refractivity contribution in [1.29, 1.82) is 0 Å². The van der Waals surface area contributed by atoms with E-state index in [0.717, 1.165) is 55.2 Å². The molecular formula is C27H35N5O. The molecule has 1 aliphatic heterocycles. The summed E-state index contributed by atoms with van der Waals surface area (Å²) in [5.74, 6) is -0.0344. The predicted molar refractivity (Wildman–Crippen MR) is 136 cm³/mol. The lowest BCUT2D eigenvalue weighted by molar-refractivity contribution is 0.0949. The zero-order chi connectivity index (χ0) is 23.0. The van der Waals surface area contributed by atoms with Crippen LogP contribution in [0, 0.1) is 0 Å². The smallest absolute Gasteiger partial charge is 0.251 e. The van der Waals surface area contributed by atoms with Crippen LogP contribution in [0.2, 0.25) is 0 Å². The van der Waals surface area contributed by atoms with Gasteiger partial charge >= 0.3 is 0 Å². The van der Waals surface area contributed by atoms with Gasteiger partial charge in [0.25, 0.3) is 5.91 Å². The van der Waals surface area contributed by atoms with Crippen molar-refractivity contribution in [2.24, 2.45) is 0 Å². The molecule has 6 heteroatoms. The van der Waals surface area contributed by atoms with Crippen LogP contribution < -0.4 is 10.2 Å². The van der Waals surface area contributed by atoms with Crippen molar-refractivity contribution in [2.45, 2.75) is 33.1 Å². The Morgan fingerprint density at radius 3 is 2.30 bits per heavy atom. The van der Waals surface area contributed by atoms with Gasteiger partial charge in [0.15, 0.2) is 0 Å². The summed E-state index contributed by atoms with van der Waals surface area (Å²) in [7, 11) is 0. The molecule has 0 bridgehead atoms. The topological polar surface area (TPSA) is 64.3 Å². The maximum atomic E-state index is 12.4. The van der Waals surface area contributed by atoms with Gasteiger partial charge in [0.2, 0.25) is 0 Å². The van der Waals surface area contributed by atoms with E-state index >= 15 is 0 Å². The number of nitrogens with one attached hydrogen (secondary N) is 2. The number of amides is 1. The molecule has 0 radical (unpaired) electrons. The Bertz CT molecular complexity index is 1020. The van der Waals surface area contributed by atoms with Gasteiger partial charge < -0.3 is 15.1 Å². The normalized spacial score (nSPS) is 14.0. The molecular weight excluding hydrogens is 410 g/mol.